The zero-order valence-corrected chi connectivity index (χ0v) is 15.3. The lowest BCUT2D eigenvalue weighted by molar-refractivity contribution is 1.25. The summed E-state index contributed by atoms with van der Waals surface area (Å²) < 4.78 is 0. The van der Waals surface area contributed by atoms with E-state index in [-0.39, 0.29) is 0 Å². The van der Waals surface area contributed by atoms with Crippen LogP contribution in [-0.4, -0.2) is 0 Å². The van der Waals surface area contributed by atoms with Crippen molar-refractivity contribution in [3.05, 3.63) is 70.8 Å². The van der Waals surface area contributed by atoms with Gasteiger partial charge in [0.15, 0.2) is 0 Å². The molecule has 120 valence electrons. The smallest absolute Gasteiger partial charge is 0.00131 e. The van der Waals surface area contributed by atoms with E-state index in [9.17, 15) is 0 Å². The van der Waals surface area contributed by atoms with Crippen LogP contribution in [0.2, 0.25) is 0 Å². The van der Waals surface area contributed by atoms with Gasteiger partial charge in [0.1, 0.15) is 0 Å². The highest BCUT2D eigenvalue weighted by Gasteiger charge is 2.20. The normalized spacial score (nSPS) is 10.9. The summed E-state index contributed by atoms with van der Waals surface area (Å²) in [6.45, 7) is 12.4. The maximum Gasteiger partial charge on any atom is -0.00131 e. The summed E-state index contributed by atoms with van der Waals surface area (Å²) in [6.07, 6.45) is 1.08. The summed E-state index contributed by atoms with van der Waals surface area (Å²) in [5.41, 5.74) is 8.55. The largest absolute Gasteiger partial charge is 0.0683 e. The summed E-state index contributed by atoms with van der Waals surface area (Å²) in [7, 11) is 0. The minimum Gasteiger partial charge on any atom is -0.0683 e. The molecule has 0 amide bonds. The van der Waals surface area contributed by atoms with Crippen LogP contribution in [0.25, 0.3) is 21.9 Å². The second kappa shape index (κ2) is 7.46. The minimum atomic E-state index is 1.08. The molecule has 0 heteroatoms. The van der Waals surface area contributed by atoms with Crippen molar-refractivity contribution in [2.75, 3.05) is 0 Å². The lowest BCUT2D eigenvalue weighted by Crippen LogP contribution is -1.84. The number of benzene rings is 3. The number of hydrogen-bond acceptors (Lipinski definition) is 0. The average molecular weight is 304 g/mol. The van der Waals surface area contributed by atoms with Crippen molar-refractivity contribution in [2.45, 2.75) is 48.0 Å². The Morgan fingerprint density at radius 3 is 2.17 bits per heavy atom. The number of hydrogen-bond donors (Lipinski definition) is 0. The maximum absolute atomic E-state index is 2.33. The molecule has 1 aliphatic carbocycles. The molecule has 0 unspecified atom stereocenters. The third kappa shape index (κ3) is 3.03. The Morgan fingerprint density at radius 1 is 0.696 bits per heavy atom. The van der Waals surface area contributed by atoms with Gasteiger partial charge in [-0.3, -0.25) is 0 Å². The van der Waals surface area contributed by atoms with Gasteiger partial charge in [0, 0.05) is 0 Å². The number of aryl methyl sites for hydroxylation is 2. The predicted molar refractivity (Wildman–Crippen MR) is 104 cm³/mol. The standard InChI is InChI=1S/C19H16.2C2H6/c1-12-6-8-17-15(10-12)11-14-7-9-16-13(2)4-3-5-18(16)19(14)17;2*1-2/h3-10H,11H2,1-2H3;2*1-2H3. The Hall–Kier alpha value is -2.08. The molecular formula is C23H28. The van der Waals surface area contributed by atoms with E-state index in [4.69, 9.17) is 0 Å². The summed E-state index contributed by atoms with van der Waals surface area (Å²) in [5.74, 6) is 0. The Bertz CT molecular complexity index is 810. The Balaban J connectivity index is 0.000000448. The molecule has 3 aromatic carbocycles. The molecule has 3 aromatic rings. The van der Waals surface area contributed by atoms with Crippen LogP contribution in [0.1, 0.15) is 49.9 Å². The fraction of sp³-hybridized carbons (Fsp3) is 0.304. The first-order valence-corrected chi connectivity index (χ1v) is 8.85. The lowest BCUT2D eigenvalue weighted by Gasteiger charge is -2.09. The SMILES string of the molecule is CC.CC.Cc1ccc2c(c1)Cc1ccc3c(C)cccc3c1-2. The van der Waals surface area contributed by atoms with E-state index in [1.54, 1.807) is 0 Å². The topological polar surface area (TPSA) is 0 Å². The Labute approximate surface area is 141 Å². The van der Waals surface area contributed by atoms with E-state index in [1.165, 1.54) is 44.2 Å². The van der Waals surface area contributed by atoms with Gasteiger partial charge in [-0.25, -0.2) is 0 Å². The van der Waals surface area contributed by atoms with Crippen LogP contribution in [0.15, 0.2) is 48.5 Å². The average Bonchev–Trinajstić information content (AvgIpc) is 2.96. The third-order valence-electron chi connectivity index (χ3n) is 4.28. The predicted octanol–water partition coefficient (Wildman–Crippen LogP) is 7.08. The molecule has 0 nitrogen and oxygen atoms in total. The molecular weight excluding hydrogens is 276 g/mol. The first-order valence-electron chi connectivity index (χ1n) is 8.85. The van der Waals surface area contributed by atoms with Crippen LogP contribution in [0.4, 0.5) is 0 Å². The molecule has 4 rings (SSSR count). The van der Waals surface area contributed by atoms with Crippen LogP contribution < -0.4 is 0 Å². The molecule has 0 saturated heterocycles. The number of fused-ring (bicyclic) bond motifs is 5. The molecule has 0 spiro atoms. The highest BCUT2D eigenvalue weighted by Crippen LogP contribution is 2.42. The van der Waals surface area contributed by atoms with E-state index in [1.807, 2.05) is 27.7 Å². The zero-order chi connectivity index (χ0) is 17.0. The summed E-state index contributed by atoms with van der Waals surface area (Å²) in [6, 6.07) is 18.1. The van der Waals surface area contributed by atoms with E-state index in [2.05, 4.69) is 62.4 Å². The Kier molecular flexibility index (Phi) is 5.60. The highest BCUT2D eigenvalue weighted by molar-refractivity contribution is 6.02. The zero-order valence-electron chi connectivity index (χ0n) is 15.3. The van der Waals surface area contributed by atoms with Crippen LogP contribution in [0.5, 0.6) is 0 Å². The molecule has 0 saturated carbocycles. The third-order valence-corrected chi connectivity index (χ3v) is 4.28. The fourth-order valence-corrected chi connectivity index (χ4v) is 3.34. The van der Waals surface area contributed by atoms with Crippen molar-refractivity contribution in [1.82, 2.24) is 0 Å². The molecule has 0 atom stereocenters. The van der Waals surface area contributed by atoms with Gasteiger partial charge >= 0.3 is 0 Å². The van der Waals surface area contributed by atoms with Crippen molar-refractivity contribution >= 4 is 10.8 Å². The molecule has 23 heavy (non-hydrogen) atoms. The van der Waals surface area contributed by atoms with E-state index < -0.39 is 0 Å². The Morgan fingerprint density at radius 2 is 1.43 bits per heavy atom. The second-order valence-corrected chi connectivity index (χ2v) is 5.61. The van der Waals surface area contributed by atoms with Crippen molar-refractivity contribution < 1.29 is 0 Å². The summed E-state index contributed by atoms with van der Waals surface area (Å²) >= 11 is 0. The maximum atomic E-state index is 2.33. The van der Waals surface area contributed by atoms with Crippen LogP contribution in [0.3, 0.4) is 0 Å². The van der Waals surface area contributed by atoms with Crippen molar-refractivity contribution in [3.8, 4) is 11.1 Å². The molecule has 0 radical (unpaired) electrons. The van der Waals surface area contributed by atoms with Gasteiger partial charge in [0.25, 0.3) is 0 Å². The van der Waals surface area contributed by atoms with Crippen LogP contribution >= 0.6 is 0 Å². The van der Waals surface area contributed by atoms with Crippen LogP contribution in [-0.2, 0) is 6.42 Å². The van der Waals surface area contributed by atoms with Crippen molar-refractivity contribution in [3.63, 3.8) is 0 Å². The van der Waals surface area contributed by atoms with Crippen LogP contribution in [0, 0.1) is 13.8 Å². The summed E-state index contributed by atoms with van der Waals surface area (Å²) in [5, 5.41) is 2.79. The first kappa shape index (κ1) is 17.3. The molecule has 0 N–H and O–H groups in total. The quantitative estimate of drug-likeness (QED) is 0.325. The molecule has 0 bridgehead atoms. The molecule has 0 fully saturated rings. The lowest BCUT2D eigenvalue weighted by atomic mass is 9.95. The van der Waals surface area contributed by atoms with Gasteiger partial charge in [-0.15, -0.1) is 0 Å². The minimum absolute atomic E-state index is 1.08. The van der Waals surface area contributed by atoms with Crippen molar-refractivity contribution in [2.24, 2.45) is 0 Å². The van der Waals surface area contributed by atoms with E-state index in [0.717, 1.165) is 6.42 Å². The first-order chi connectivity index (χ1) is 11.2. The van der Waals surface area contributed by atoms with Gasteiger partial charge in [-0.1, -0.05) is 81.8 Å². The monoisotopic (exact) mass is 304 g/mol. The fourth-order valence-electron chi connectivity index (χ4n) is 3.34. The van der Waals surface area contributed by atoms with Gasteiger partial charge in [0.2, 0.25) is 0 Å². The van der Waals surface area contributed by atoms with Gasteiger partial charge in [0.05, 0.1) is 0 Å². The molecule has 1 aliphatic rings. The molecule has 0 aromatic heterocycles. The molecule has 0 aliphatic heterocycles. The second-order valence-electron chi connectivity index (χ2n) is 5.61. The van der Waals surface area contributed by atoms with Gasteiger partial charge in [-0.05, 0) is 58.9 Å². The number of rotatable bonds is 0. The van der Waals surface area contributed by atoms with E-state index in [0.29, 0.717) is 0 Å². The summed E-state index contributed by atoms with van der Waals surface area (Å²) in [4.78, 5) is 0. The van der Waals surface area contributed by atoms with Gasteiger partial charge < -0.3 is 0 Å². The van der Waals surface area contributed by atoms with Gasteiger partial charge in [-0.2, -0.15) is 0 Å². The van der Waals surface area contributed by atoms with E-state index >= 15 is 0 Å². The molecule has 0 heterocycles. The highest BCUT2D eigenvalue weighted by atomic mass is 14.2. The van der Waals surface area contributed by atoms with Crippen molar-refractivity contribution in [1.29, 1.82) is 0 Å².